The van der Waals surface area contributed by atoms with E-state index >= 15 is 0 Å². The highest BCUT2D eigenvalue weighted by Gasteiger charge is 2.24. The van der Waals surface area contributed by atoms with E-state index in [0.717, 1.165) is 31.5 Å². The average Bonchev–Trinajstić information content (AvgIpc) is 3.47. The number of thiophene rings is 1. The average molecular weight is 400 g/mol. The van der Waals surface area contributed by atoms with Crippen LogP contribution in [0.15, 0.2) is 39.5 Å². The van der Waals surface area contributed by atoms with Crippen LogP contribution in [0.3, 0.4) is 0 Å². The highest BCUT2D eigenvalue weighted by molar-refractivity contribution is 7.08. The molecule has 0 saturated carbocycles. The monoisotopic (exact) mass is 400 g/mol. The number of rotatable bonds is 6. The smallest absolute Gasteiger partial charge is 0.341 e. The first-order valence-electron chi connectivity index (χ1n) is 8.67. The molecule has 1 fully saturated rings. The molecule has 1 saturated heterocycles. The van der Waals surface area contributed by atoms with Gasteiger partial charge in [0.15, 0.2) is 6.61 Å². The molecule has 144 valence electrons. The lowest BCUT2D eigenvalue weighted by molar-refractivity contribution is -0.384. The summed E-state index contributed by atoms with van der Waals surface area (Å²) in [4.78, 5) is 29.5. The number of carbonyl (C=O) groups excluding carboxylic acids is 1. The first kappa shape index (κ1) is 18.1. The topological polar surface area (TPSA) is 112 Å². The highest BCUT2D eigenvalue weighted by atomic mass is 32.1. The van der Waals surface area contributed by atoms with Crippen LogP contribution in [-0.4, -0.2) is 34.1 Å². The molecule has 0 radical (unpaired) electrons. The number of esters is 1. The third kappa shape index (κ3) is 3.72. The number of benzene rings is 1. The summed E-state index contributed by atoms with van der Waals surface area (Å²) in [6, 6.07) is 6.11. The van der Waals surface area contributed by atoms with Gasteiger partial charge in [0.2, 0.25) is 5.82 Å². The number of carbonyl (C=O) groups is 1. The van der Waals surface area contributed by atoms with Crippen LogP contribution < -0.4 is 4.90 Å². The minimum absolute atomic E-state index is 0.155. The second-order valence-corrected chi connectivity index (χ2v) is 7.03. The summed E-state index contributed by atoms with van der Waals surface area (Å²) in [6.45, 7) is 1.38. The van der Waals surface area contributed by atoms with Gasteiger partial charge in [-0.15, -0.1) is 0 Å². The van der Waals surface area contributed by atoms with Crippen molar-refractivity contribution in [1.82, 2.24) is 10.1 Å². The third-order valence-corrected chi connectivity index (χ3v) is 5.12. The summed E-state index contributed by atoms with van der Waals surface area (Å²) in [5.41, 5.74) is 1.46. The summed E-state index contributed by atoms with van der Waals surface area (Å²) in [5.74, 6) is -0.0935. The van der Waals surface area contributed by atoms with E-state index in [2.05, 4.69) is 10.1 Å². The number of non-ortho nitro benzene ring substituents is 1. The van der Waals surface area contributed by atoms with Crippen LogP contribution in [0.1, 0.15) is 29.1 Å². The van der Waals surface area contributed by atoms with Crippen LogP contribution >= 0.6 is 11.3 Å². The van der Waals surface area contributed by atoms with Crippen molar-refractivity contribution in [2.45, 2.75) is 19.4 Å². The van der Waals surface area contributed by atoms with E-state index in [9.17, 15) is 14.9 Å². The van der Waals surface area contributed by atoms with Gasteiger partial charge in [0.25, 0.3) is 11.6 Å². The summed E-state index contributed by atoms with van der Waals surface area (Å²) in [6.07, 6.45) is 2.03. The lowest BCUT2D eigenvalue weighted by Gasteiger charge is -2.20. The van der Waals surface area contributed by atoms with Crippen molar-refractivity contribution in [3.63, 3.8) is 0 Å². The maximum absolute atomic E-state index is 12.6. The maximum Gasteiger partial charge on any atom is 0.341 e. The largest absolute Gasteiger partial charge is 0.452 e. The Bertz CT molecular complexity index is 995. The number of aromatic nitrogens is 2. The number of nitro groups is 1. The molecule has 1 aliphatic heterocycles. The van der Waals surface area contributed by atoms with Crippen LogP contribution in [-0.2, 0) is 11.3 Å². The predicted octanol–water partition coefficient (Wildman–Crippen LogP) is 3.66. The Morgan fingerprint density at radius 1 is 1.32 bits per heavy atom. The first-order chi connectivity index (χ1) is 13.6. The molecule has 0 amide bonds. The standard InChI is InChI=1S/C18H16N4O5S/c23-18(26-10-16-19-17(20-27-16)12-5-8-28-11-12)14-9-13(22(24)25)3-4-15(14)21-6-1-2-7-21/h3-5,8-9,11H,1-2,6-7,10H2. The van der Waals surface area contributed by atoms with Crippen molar-refractivity contribution in [2.75, 3.05) is 18.0 Å². The van der Waals surface area contributed by atoms with E-state index in [-0.39, 0.29) is 23.7 Å². The van der Waals surface area contributed by atoms with Crippen molar-refractivity contribution >= 4 is 28.7 Å². The molecule has 2 aromatic heterocycles. The van der Waals surface area contributed by atoms with Gasteiger partial charge < -0.3 is 14.2 Å². The highest BCUT2D eigenvalue weighted by Crippen LogP contribution is 2.29. The fraction of sp³-hybridized carbons (Fsp3) is 0.278. The Labute approximate surface area is 163 Å². The molecule has 0 unspecified atom stereocenters. The van der Waals surface area contributed by atoms with E-state index in [1.54, 1.807) is 6.07 Å². The van der Waals surface area contributed by atoms with Crippen LogP contribution in [0.4, 0.5) is 11.4 Å². The molecule has 4 rings (SSSR count). The fourth-order valence-corrected chi connectivity index (χ4v) is 3.70. The van der Waals surface area contributed by atoms with Gasteiger partial charge in [-0.1, -0.05) is 5.16 Å². The Morgan fingerprint density at radius 3 is 2.86 bits per heavy atom. The molecule has 0 spiro atoms. The number of anilines is 1. The molecule has 10 heteroatoms. The molecule has 0 N–H and O–H groups in total. The normalized spacial score (nSPS) is 13.6. The summed E-state index contributed by atoms with van der Waals surface area (Å²) in [5, 5.41) is 18.7. The molecule has 3 aromatic rings. The molecule has 1 aromatic carbocycles. The van der Waals surface area contributed by atoms with E-state index in [4.69, 9.17) is 9.26 Å². The van der Waals surface area contributed by atoms with E-state index in [1.165, 1.54) is 23.5 Å². The van der Waals surface area contributed by atoms with Gasteiger partial charge >= 0.3 is 5.97 Å². The van der Waals surface area contributed by atoms with Gasteiger partial charge in [0.1, 0.15) is 0 Å². The molecular weight excluding hydrogens is 384 g/mol. The van der Waals surface area contributed by atoms with Gasteiger partial charge in [-0.2, -0.15) is 16.3 Å². The van der Waals surface area contributed by atoms with Crippen molar-refractivity contribution in [2.24, 2.45) is 0 Å². The molecule has 0 aliphatic carbocycles. The predicted molar refractivity (Wildman–Crippen MR) is 101 cm³/mol. The zero-order chi connectivity index (χ0) is 19.5. The molecule has 0 bridgehead atoms. The van der Waals surface area contributed by atoms with Gasteiger partial charge in [-0.05, 0) is 30.4 Å². The van der Waals surface area contributed by atoms with Crippen molar-refractivity contribution < 1.29 is 19.0 Å². The second-order valence-electron chi connectivity index (χ2n) is 6.25. The van der Waals surface area contributed by atoms with E-state index < -0.39 is 10.9 Å². The van der Waals surface area contributed by atoms with Crippen LogP contribution in [0.25, 0.3) is 11.4 Å². The Morgan fingerprint density at radius 2 is 2.14 bits per heavy atom. The van der Waals surface area contributed by atoms with Crippen molar-refractivity contribution in [3.05, 3.63) is 56.6 Å². The SMILES string of the molecule is O=C(OCc1nc(-c2ccsc2)no1)c1cc([N+](=O)[O-])ccc1N1CCCC1. The second kappa shape index (κ2) is 7.77. The van der Waals surface area contributed by atoms with Crippen LogP contribution in [0, 0.1) is 10.1 Å². The molecule has 28 heavy (non-hydrogen) atoms. The molecule has 0 atom stereocenters. The molecular formula is C18H16N4O5S. The number of hydrogen-bond donors (Lipinski definition) is 0. The van der Waals surface area contributed by atoms with E-state index in [1.807, 2.05) is 21.7 Å². The number of hydrogen-bond acceptors (Lipinski definition) is 9. The number of nitro benzene ring substituents is 1. The van der Waals surface area contributed by atoms with Gasteiger partial charge in [-0.3, -0.25) is 10.1 Å². The summed E-state index contributed by atoms with van der Waals surface area (Å²) < 4.78 is 10.4. The Kier molecular flexibility index (Phi) is 5.02. The van der Waals surface area contributed by atoms with Gasteiger partial charge in [0, 0.05) is 36.2 Å². The molecule has 3 heterocycles. The van der Waals surface area contributed by atoms with Gasteiger partial charge in [0.05, 0.1) is 16.2 Å². The minimum Gasteiger partial charge on any atom is -0.452 e. The zero-order valence-corrected chi connectivity index (χ0v) is 15.6. The van der Waals surface area contributed by atoms with Crippen molar-refractivity contribution in [1.29, 1.82) is 0 Å². The summed E-state index contributed by atoms with van der Waals surface area (Å²) >= 11 is 1.51. The lowest BCUT2D eigenvalue weighted by atomic mass is 10.1. The number of nitrogens with zero attached hydrogens (tertiary/aromatic N) is 4. The maximum atomic E-state index is 12.6. The van der Waals surface area contributed by atoms with Crippen LogP contribution in [0.5, 0.6) is 0 Å². The molecule has 9 nitrogen and oxygen atoms in total. The fourth-order valence-electron chi connectivity index (χ4n) is 3.06. The number of ether oxygens (including phenoxy) is 1. The molecule has 1 aliphatic rings. The van der Waals surface area contributed by atoms with Crippen LogP contribution in [0.2, 0.25) is 0 Å². The Hall–Kier alpha value is -3.27. The van der Waals surface area contributed by atoms with E-state index in [0.29, 0.717) is 11.5 Å². The zero-order valence-electron chi connectivity index (χ0n) is 14.7. The summed E-state index contributed by atoms with van der Waals surface area (Å²) in [7, 11) is 0. The quantitative estimate of drug-likeness (QED) is 0.350. The Balaban J connectivity index is 1.52. The first-order valence-corrected chi connectivity index (χ1v) is 9.62. The van der Waals surface area contributed by atoms with Gasteiger partial charge in [-0.25, -0.2) is 4.79 Å². The minimum atomic E-state index is -0.666. The third-order valence-electron chi connectivity index (χ3n) is 4.43. The van der Waals surface area contributed by atoms with Crippen molar-refractivity contribution in [3.8, 4) is 11.4 Å². The lowest BCUT2D eigenvalue weighted by Crippen LogP contribution is -2.21.